The maximum absolute atomic E-state index is 10.9. The summed E-state index contributed by atoms with van der Waals surface area (Å²) in [4.78, 5) is 22.7. The molecule has 33 heavy (non-hydrogen) atoms. The highest BCUT2D eigenvalue weighted by molar-refractivity contribution is 5.91. The molecule has 0 atom stereocenters. The minimum absolute atomic E-state index is 0.101. The van der Waals surface area contributed by atoms with Crippen LogP contribution in [-0.2, 0) is 0 Å². The topological polar surface area (TPSA) is 103 Å². The van der Waals surface area contributed by atoms with Crippen molar-refractivity contribution < 1.29 is 19.4 Å². The summed E-state index contributed by atoms with van der Waals surface area (Å²) >= 11 is 0. The standard InChI is InChI=1S/C24H23N5O4/c30-24(31)33-19-15-25-29(16-19)23-26-21-14-18(32-17-8-4-3-5-9-17)10-11-20(21)22(27-23)28-12-6-1-2-7-13-28/h3-5,8-11,14-16H,1-2,6-7,12-13H2,(H,30,31). The van der Waals surface area contributed by atoms with Crippen molar-refractivity contribution in [3.8, 4) is 23.2 Å². The predicted molar refractivity (Wildman–Crippen MR) is 123 cm³/mol. The van der Waals surface area contributed by atoms with Crippen molar-refractivity contribution in [3.05, 3.63) is 60.9 Å². The third-order valence-electron chi connectivity index (χ3n) is 5.49. The molecule has 1 aliphatic rings. The molecule has 0 radical (unpaired) electrons. The first kappa shape index (κ1) is 20.7. The van der Waals surface area contributed by atoms with Crippen molar-refractivity contribution in [3.63, 3.8) is 0 Å². The lowest BCUT2D eigenvalue weighted by Crippen LogP contribution is -2.26. The van der Waals surface area contributed by atoms with Gasteiger partial charge in [-0.3, -0.25) is 0 Å². The van der Waals surface area contributed by atoms with Crippen molar-refractivity contribution in [1.82, 2.24) is 19.7 Å². The number of anilines is 1. The largest absolute Gasteiger partial charge is 0.511 e. The highest BCUT2D eigenvalue weighted by Gasteiger charge is 2.18. The van der Waals surface area contributed by atoms with Gasteiger partial charge in [-0.1, -0.05) is 31.0 Å². The number of nitrogens with zero attached hydrogens (tertiary/aromatic N) is 5. The molecule has 9 heteroatoms. The average molecular weight is 445 g/mol. The third-order valence-corrected chi connectivity index (χ3v) is 5.49. The Balaban J connectivity index is 1.58. The molecule has 1 N–H and O–H groups in total. The summed E-state index contributed by atoms with van der Waals surface area (Å²) in [6.45, 7) is 1.83. The lowest BCUT2D eigenvalue weighted by atomic mass is 10.2. The zero-order valence-electron chi connectivity index (χ0n) is 17.9. The van der Waals surface area contributed by atoms with Gasteiger partial charge in [-0.2, -0.15) is 10.1 Å². The van der Waals surface area contributed by atoms with Gasteiger partial charge in [0.2, 0.25) is 0 Å². The second-order valence-electron chi connectivity index (χ2n) is 7.83. The quantitative estimate of drug-likeness (QED) is 0.426. The SMILES string of the molecule is O=C(O)Oc1cnn(-c2nc(N3CCCCCC3)c3ccc(Oc4ccccc4)cc3n2)c1. The molecule has 2 aromatic carbocycles. The molecule has 0 saturated carbocycles. The van der Waals surface area contributed by atoms with Crippen LogP contribution in [0, 0.1) is 0 Å². The Hall–Kier alpha value is -4.14. The van der Waals surface area contributed by atoms with Gasteiger partial charge in [0.25, 0.3) is 5.95 Å². The molecule has 2 aromatic heterocycles. The molecule has 3 heterocycles. The summed E-state index contributed by atoms with van der Waals surface area (Å²) in [5.41, 5.74) is 0.712. The van der Waals surface area contributed by atoms with E-state index in [1.807, 2.05) is 48.5 Å². The number of para-hydroxylation sites is 1. The first-order valence-electron chi connectivity index (χ1n) is 10.9. The first-order valence-corrected chi connectivity index (χ1v) is 10.9. The van der Waals surface area contributed by atoms with Crippen LogP contribution in [0.2, 0.25) is 0 Å². The maximum Gasteiger partial charge on any atom is 0.511 e. The van der Waals surface area contributed by atoms with Crippen LogP contribution in [0.1, 0.15) is 25.7 Å². The number of rotatable bonds is 5. The Labute approximate surface area is 190 Å². The van der Waals surface area contributed by atoms with Crippen LogP contribution >= 0.6 is 0 Å². The van der Waals surface area contributed by atoms with Crippen LogP contribution in [0.15, 0.2) is 60.9 Å². The van der Waals surface area contributed by atoms with Crippen LogP contribution in [0.25, 0.3) is 16.9 Å². The van der Waals surface area contributed by atoms with Crippen LogP contribution in [0.3, 0.4) is 0 Å². The predicted octanol–water partition coefficient (Wildman–Crippen LogP) is 5.05. The molecule has 0 bridgehead atoms. The molecule has 0 aliphatic carbocycles. The van der Waals surface area contributed by atoms with Gasteiger partial charge in [0.1, 0.15) is 17.3 Å². The molecule has 4 aromatic rings. The van der Waals surface area contributed by atoms with E-state index in [0.29, 0.717) is 17.2 Å². The van der Waals surface area contributed by atoms with E-state index in [-0.39, 0.29) is 5.75 Å². The van der Waals surface area contributed by atoms with Gasteiger partial charge in [0.15, 0.2) is 5.75 Å². The van der Waals surface area contributed by atoms with E-state index in [0.717, 1.165) is 42.9 Å². The Morgan fingerprint density at radius 2 is 1.70 bits per heavy atom. The summed E-state index contributed by atoms with van der Waals surface area (Å²) in [6.07, 6.45) is 5.99. The minimum atomic E-state index is -1.40. The molecular weight excluding hydrogens is 422 g/mol. The van der Waals surface area contributed by atoms with Gasteiger partial charge in [-0.05, 0) is 37.1 Å². The summed E-state index contributed by atoms with van der Waals surface area (Å²) in [5, 5.41) is 14.0. The van der Waals surface area contributed by atoms with Crippen LogP contribution < -0.4 is 14.4 Å². The van der Waals surface area contributed by atoms with E-state index < -0.39 is 6.16 Å². The van der Waals surface area contributed by atoms with Gasteiger partial charge in [-0.25, -0.2) is 14.5 Å². The van der Waals surface area contributed by atoms with Crippen molar-refractivity contribution in [2.24, 2.45) is 0 Å². The number of carboxylic acid groups (broad SMARTS) is 1. The lowest BCUT2D eigenvalue weighted by Gasteiger charge is -2.23. The second-order valence-corrected chi connectivity index (χ2v) is 7.83. The molecule has 1 saturated heterocycles. The van der Waals surface area contributed by atoms with Crippen molar-refractivity contribution in [2.75, 3.05) is 18.0 Å². The number of ether oxygens (including phenoxy) is 2. The molecule has 1 aliphatic heterocycles. The van der Waals surface area contributed by atoms with Gasteiger partial charge in [0.05, 0.1) is 17.9 Å². The fourth-order valence-electron chi connectivity index (χ4n) is 3.96. The maximum atomic E-state index is 10.9. The Morgan fingerprint density at radius 3 is 2.45 bits per heavy atom. The monoisotopic (exact) mass is 445 g/mol. The molecule has 5 rings (SSSR count). The van der Waals surface area contributed by atoms with E-state index in [2.05, 4.69) is 10.00 Å². The summed E-state index contributed by atoms with van der Waals surface area (Å²) in [7, 11) is 0. The molecule has 0 unspecified atom stereocenters. The number of hydrogen-bond donors (Lipinski definition) is 1. The second kappa shape index (κ2) is 9.15. The van der Waals surface area contributed by atoms with Crippen molar-refractivity contribution in [1.29, 1.82) is 0 Å². The van der Waals surface area contributed by atoms with E-state index in [4.69, 9.17) is 24.5 Å². The molecule has 0 spiro atoms. The van der Waals surface area contributed by atoms with Crippen LogP contribution in [-0.4, -0.2) is 44.1 Å². The summed E-state index contributed by atoms with van der Waals surface area (Å²) < 4.78 is 12.1. The highest BCUT2D eigenvalue weighted by Crippen LogP contribution is 2.31. The molecule has 168 valence electrons. The zero-order chi connectivity index (χ0) is 22.6. The van der Waals surface area contributed by atoms with Crippen molar-refractivity contribution in [2.45, 2.75) is 25.7 Å². The Kier molecular flexibility index (Phi) is 5.75. The number of carbonyl (C=O) groups is 1. The number of hydrogen-bond acceptors (Lipinski definition) is 7. The molecule has 0 amide bonds. The van der Waals surface area contributed by atoms with Crippen LogP contribution in [0.5, 0.6) is 17.2 Å². The minimum Gasteiger partial charge on any atom is -0.457 e. The van der Waals surface area contributed by atoms with Crippen LogP contribution in [0.4, 0.5) is 10.6 Å². The van der Waals surface area contributed by atoms with Crippen molar-refractivity contribution >= 4 is 22.9 Å². The zero-order valence-corrected chi connectivity index (χ0v) is 17.9. The van der Waals surface area contributed by atoms with Gasteiger partial charge < -0.3 is 19.5 Å². The normalized spacial score (nSPS) is 14.1. The first-order chi connectivity index (χ1) is 16.2. The number of benzene rings is 2. The van der Waals surface area contributed by atoms with E-state index in [9.17, 15) is 4.79 Å². The average Bonchev–Trinajstić information content (AvgIpc) is 3.10. The third kappa shape index (κ3) is 4.72. The summed E-state index contributed by atoms with van der Waals surface area (Å²) in [5.74, 6) is 2.67. The summed E-state index contributed by atoms with van der Waals surface area (Å²) in [6, 6.07) is 15.4. The van der Waals surface area contributed by atoms with E-state index >= 15 is 0 Å². The fraction of sp³-hybridized carbons (Fsp3) is 0.250. The lowest BCUT2D eigenvalue weighted by molar-refractivity contribution is 0.144. The molecule has 9 nitrogen and oxygen atoms in total. The molecule has 1 fully saturated rings. The Morgan fingerprint density at radius 1 is 0.909 bits per heavy atom. The fourth-order valence-corrected chi connectivity index (χ4v) is 3.96. The smallest absolute Gasteiger partial charge is 0.457 e. The van der Waals surface area contributed by atoms with Gasteiger partial charge >= 0.3 is 6.16 Å². The van der Waals surface area contributed by atoms with E-state index in [1.165, 1.54) is 29.9 Å². The van der Waals surface area contributed by atoms with E-state index in [1.54, 1.807) is 0 Å². The molecular formula is C24H23N5O4. The Bertz CT molecular complexity index is 1270. The van der Waals surface area contributed by atoms with Gasteiger partial charge in [-0.15, -0.1) is 0 Å². The highest BCUT2D eigenvalue weighted by atomic mass is 16.7. The number of fused-ring (bicyclic) bond motifs is 1. The number of aromatic nitrogens is 4. The van der Waals surface area contributed by atoms with Gasteiger partial charge in [0, 0.05) is 24.5 Å².